The molecule has 35 heavy (non-hydrogen) atoms. The molecule has 0 saturated carbocycles. The highest BCUT2D eigenvalue weighted by Crippen LogP contribution is 2.49. The number of aromatic nitrogens is 6. The van der Waals surface area contributed by atoms with Crippen LogP contribution in [0.15, 0.2) is 50.2 Å². The molecule has 9 nitrogen and oxygen atoms in total. The lowest BCUT2D eigenvalue weighted by Crippen LogP contribution is -2.37. The molecule has 0 bridgehead atoms. The van der Waals surface area contributed by atoms with Gasteiger partial charge in [0.1, 0.15) is 16.0 Å². The minimum Gasteiger partial charge on any atom is -0.448 e. The Bertz CT molecular complexity index is 1690. The summed E-state index contributed by atoms with van der Waals surface area (Å²) in [5, 5.41) is 3.36. The molecule has 12 heteroatoms. The first-order valence-electron chi connectivity index (χ1n) is 10.9. The monoisotopic (exact) mass is 528 g/mol. The number of nitrogens with zero attached hydrogens (tertiary/aromatic N) is 6. The summed E-state index contributed by atoms with van der Waals surface area (Å²) in [6.07, 6.45) is 5.49. The predicted molar refractivity (Wildman–Crippen MR) is 137 cm³/mol. The molecule has 0 amide bonds. The lowest BCUT2D eigenvalue weighted by Gasteiger charge is -2.31. The highest BCUT2D eigenvalue weighted by Gasteiger charge is 2.38. The van der Waals surface area contributed by atoms with E-state index in [0.29, 0.717) is 28.4 Å². The lowest BCUT2D eigenvalue weighted by atomic mass is 10.2. The van der Waals surface area contributed by atoms with E-state index < -0.39 is 0 Å². The third kappa shape index (κ3) is 3.52. The van der Waals surface area contributed by atoms with Crippen molar-refractivity contribution in [3.05, 3.63) is 79.4 Å². The molecule has 5 aromatic rings. The Labute approximate surface area is 212 Å². The van der Waals surface area contributed by atoms with E-state index in [1.54, 1.807) is 42.0 Å². The van der Waals surface area contributed by atoms with Crippen LogP contribution in [0.2, 0.25) is 5.22 Å². The standard InChI is InChI=1S/C23H21ClN6O3S2/c1-12-10-34-21(26-12)18-16-17(27(2)23(32)28(3)22(16)31)19-20(14-4-5-15(24)33-14)35-13(9-30(18)19)8-29-7-6-25-11-29/h4-7,10-11,13,20H,8-9H2,1-3H3/t13-,20+/m1/s1. The first kappa shape index (κ1) is 22.4. The molecule has 0 saturated heterocycles. The van der Waals surface area contributed by atoms with Gasteiger partial charge < -0.3 is 13.6 Å². The van der Waals surface area contributed by atoms with Gasteiger partial charge in [0, 0.05) is 55.9 Å². The fraction of sp³-hybridized carbons (Fsp3) is 0.304. The fourth-order valence-electron chi connectivity index (χ4n) is 4.79. The van der Waals surface area contributed by atoms with Crippen molar-refractivity contribution in [2.24, 2.45) is 14.1 Å². The molecular weight excluding hydrogens is 508 g/mol. The largest absolute Gasteiger partial charge is 0.448 e. The molecule has 5 aromatic heterocycles. The number of fused-ring (bicyclic) bond motifs is 3. The van der Waals surface area contributed by atoms with Gasteiger partial charge >= 0.3 is 5.69 Å². The zero-order valence-corrected chi connectivity index (χ0v) is 21.5. The lowest BCUT2D eigenvalue weighted by molar-refractivity contribution is 0.497. The number of halogens is 1. The van der Waals surface area contributed by atoms with E-state index in [2.05, 4.69) is 9.55 Å². The van der Waals surface area contributed by atoms with Crippen molar-refractivity contribution in [3.8, 4) is 10.7 Å². The van der Waals surface area contributed by atoms with E-state index in [-0.39, 0.29) is 21.7 Å². The Morgan fingerprint density at radius 1 is 1.23 bits per heavy atom. The molecule has 180 valence electrons. The maximum atomic E-state index is 13.6. The van der Waals surface area contributed by atoms with Crippen LogP contribution in [0.4, 0.5) is 0 Å². The summed E-state index contributed by atoms with van der Waals surface area (Å²) >= 11 is 9.39. The van der Waals surface area contributed by atoms with Crippen molar-refractivity contribution in [1.82, 2.24) is 28.2 Å². The van der Waals surface area contributed by atoms with Crippen LogP contribution in [0.1, 0.15) is 22.4 Å². The molecule has 0 radical (unpaired) electrons. The van der Waals surface area contributed by atoms with E-state index in [9.17, 15) is 9.59 Å². The van der Waals surface area contributed by atoms with Crippen LogP contribution in [0.5, 0.6) is 0 Å². The normalized spacial score (nSPS) is 17.8. The summed E-state index contributed by atoms with van der Waals surface area (Å²) in [6.45, 7) is 3.28. The maximum absolute atomic E-state index is 13.6. The van der Waals surface area contributed by atoms with Crippen LogP contribution < -0.4 is 11.2 Å². The molecule has 0 aromatic carbocycles. The van der Waals surface area contributed by atoms with E-state index in [1.165, 1.54) is 18.4 Å². The summed E-state index contributed by atoms with van der Waals surface area (Å²) in [5.41, 5.74) is 2.36. The van der Waals surface area contributed by atoms with Crippen molar-refractivity contribution in [1.29, 1.82) is 0 Å². The molecule has 0 aliphatic carbocycles. The van der Waals surface area contributed by atoms with Crippen molar-refractivity contribution in [3.63, 3.8) is 0 Å². The van der Waals surface area contributed by atoms with Crippen molar-refractivity contribution < 1.29 is 4.42 Å². The van der Waals surface area contributed by atoms with Crippen molar-refractivity contribution >= 4 is 45.6 Å². The average Bonchev–Trinajstić information content (AvgIpc) is 3.63. The number of hydrogen-bond acceptors (Lipinski definition) is 7. The molecule has 0 N–H and O–H groups in total. The summed E-state index contributed by atoms with van der Waals surface area (Å²) in [6, 6.07) is 3.57. The first-order valence-corrected chi connectivity index (χ1v) is 13.1. The number of rotatable bonds is 4. The van der Waals surface area contributed by atoms with Crippen LogP contribution >= 0.6 is 34.7 Å². The molecule has 0 unspecified atom stereocenters. The zero-order valence-electron chi connectivity index (χ0n) is 19.1. The van der Waals surface area contributed by atoms with Crippen LogP contribution in [0.25, 0.3) is 21.6 Å². The fourth-order valence-corrected chi connectivity index (χ4v) is 7.30. The summed E-state index contributed by atoms with van der Waals surface area (Å²) < 4.78 is 12.8. The SMILES string of the molecule is Cc1csc(-c2c3c(=O)n(C)c(=O)n(C)c3c3n2C[C@@H](Cn2ccnc2)S[C@H]3c2ccc(Cl)o2)n1. The van der Waals surface area contributed by atoms with Crippen LogP contribution in [-0.2, 0) is 27.2 Å². The summed E-state index contributed by atoms with van der Waals surface area (Å²) in [7, 11) is 3.22. The van der Waals surface area contributed by atoms with Gasteiger partial charge in [-0.2, -0.15) is 0 Å². The van der Waals surface area contributed by atoms with Gasteiger partial charge in [-0.3, -0.25) is 13.9 Å². The minimum absolute atomic E-state index is 0.132. The third-order valence-corrected chi connectivity index (χ3v) is 8.90. The van der Waals surface area contributed by atoms with Crippen LogP contribution in [-0.4, -0.2) is 33.5 Å². The second-order valence-electron chi connectivity index (χ2n) is 8.61. The zero-order chi connectivity index (χ0) is 24.4. The van der Waals surface area contributed by atoms with Gasteiger partial charge in [-0.1, -0.05) is 0 Å². The number of aryl methyl sites for hydroxylation is 2. The number of imidazole rings is 1. The molecule has 1 aliphatic rings. The van der Waals surface area contributed by atoms with Crippen LogP contribution in [0, 0.1) is 6.92 Å². The second-order valence-corrected chi connectivity index (χ2v) is 11.2. The third-order valence-electron chi connectivity index (χ3n) is 6.32. The van der Waals surface area contributed by atoms with Gasteiger partial charge in [-0.15, -0.1) is 23.1 Å². The molecular formula is C23H21ClN6O3S2. The van der Waals surface area contributed by atoms with E-state index in [0.717, 1.165) is 33.2 Å². The van der Waals surface area contributed by atoms with Crippen molar-refractivity contribution in [2.45, 2.75) is 30.5 Å². The van der Waals surface area contributed by atoms with Gasteiger partial charge in [0.2, 0.25) is 0 Å². The van der Waals surface area contributed by atoms with E-state index >= 15 is 0 Å². The van der Waals surface area contributed by atoms with Gasteiger partial charge in [-0.05, 0) is 30.7 Å². The van der Waals surface area contributed by atoms with Crippen LogP contribution in [0.3, 0.4) is 0 Å². The molecule has 6 rings (SSSR count). The van der Waals surface area contributed by atoms with Crippen molar-refractivity contribution in [2.75, 3.05) is 0 Å². The molecule has 0 spiro atoms. The molecule has 1 aliphatic heterocycles. The number of thiazole rings is 1. The number of furan rings is 1. The smallest absolute Gasteiger partial charge is 0.331 e. The minimum atomic E-state index is -0.375. The van der Waals surface area contributed by atoms with Gasteiger partial charge in [0.05, 0.1) is 28.6 Å². The Morgan fingerprint density at radius 2 is 2.06 bits per heavy atom. The highest BCUT2D eigenvalue weighted by atomic mass is 35.5. The maximum Gasteiger partial charge on any atom is 0.331 e. The Balaban J connectivity index is 1.69. The van der Waals surface area contributed by atoms with E-state index in [4.69, 9.17) is 21.0 Å². The van der Waals surface area contributed by atoms with Gasteiger partial charge in [0.15, 0.2) is 5.22 Å². The highest BCUT2D eigenvalue weighted by molar-refractivity contribution is 8.00. The Hall–Kier alpha value is -3.02. The topological polar surface area (TPSA) is 92.8 Å². The van der Waals surface area contributed by atoms with Gasteiger partial charge in [0.25, 0.3) is 5.56 Å². The quantitative estimate of drug-likeness (QED) is 0.352. The Morgan fingerprint density at radius 3 is 2.71 bits per heavy atom. The molecule has 2 atom stereocenters. The summed E-state index contributed by atoms with van der Waals surface area (Å²) in [4.78, 5) is 35.5. The Kier molecular flexibility index (Phi) is 5.31. The molecule has 6 heterocycles. The first-order chi connectivity index (χ1) is 16.8. The number of thioether (sulfide) groups is 1. The second kappa shape index (κ2) is 8.28. The average molecular weight is 529 g/mol. The number of hydrogen-bond donors (Lipinski definition) is 0. The van der Waals surface area contributed by atoms with Gasteiger partial charge in [-0.25, -0.2) is 14.8 Å². The van der Waals surface area contributed by atoms with E-state index in [1.807, 2.05) is 29.1 Å². The summed E-state index contributed by atoms with van der Waals surface area (Å²) in [5.74, 6) is 0.672. The predicted octanol–water partition coefficient (Wildman–Crippen LogP) is 3.82. The molecule has 0 fully saturated rings.